The van der Waals surface area contributed by atoms with E-state index in [2.05, 4.69) is 4.98 Å². The van der Waals surface area contributed by atoms with Gasteiger partial charge in [0.1, 0.15) is 11.3 Å². The van der Waals surface area contributed by atoms with Gasteiger partial charge in [-0.2, -0.15) is 8.42 Å². The molecular weight excluding hydrogens is 408 g/mol. The molecule has 4 rings (SSSR count). The Morgan fingerprint density at radius 3 is 2.63 bits per heavy atom. The van der Waals surface area contributed by atoms with Crippen LogP contribution in [0.2, 0.25) is 0 Å². The van der Waals surface area contributed by atoms with Gasteiger partial charge >= 0.3 is 0 Å². The van der Waals surface area contributed by atoms with Crippen molar-refractivity contribution in [1.82, 2.24) is 9.88 Å². The fourth-order valence-corrected chi connectivity index (χ4v) is 3.96. The SMILES string of the molecule is O=C(c1ccc(-c2ccc3oc(CCCS(=O)(=O)O)cc3c2)nc1)N1CCOCC1. The number of aromatic nitrogens is 1. The first-order chi connectivity index (χ1) is 14.4. The summed E-state index contributed by atoms with van der Waals surface area (Å²) in [7, 11) is -3.97. The number of carbonyl (C=O) groups excluding carboxylic acids is 1. The molecule has 0 radical (unpaired) electrons. The van der Waals surface area contributed by atoms with Crippen LogP contribution >= 0.6 is 0 Å². The molecule has 1 fully saturated rings. The summed E-state index contributed by atoms with van der Waals surface area (Å²) in [5.41, 5.74) is 2.87. The molecule has 0 bridgehead atoms. The van der Waals surface area contributed by atoms with E-state index < -0.39 is 10.1 Å². The molecule has 3 heterocycles. The van der Waals surface area contributed by atoms with Gasteiger partial charge in [0.15, 0.2) is 0 Å². The number of furan rings is 1. The maximum atomic E-state index is 12.5. The van der Waals surface area contributed by atoms with Crippen molar-refractivity contribution < 1.29 is 26.9 Å². The minimum Gasteiger partial charge on any atom is -0.461 e. The van der Waals surface area contributed by atoms with Crippen LogP contribution in [0.15, 0.2) is 47.0 Å². The Morgan fingerprint density at radius 1 is 1.13 bits per heavy atom. The lowest BCUT2D eigenvalue weighted by molar-refractivity contribution is 0.0302. The summed E-state index contributed by atoms with van der Waals surface area (Å²) >= 11 is 0. The fourth-order valence-electron chi connectivity index (χ4n) is 3.45. The molecule has 0 saturated carbocycles. The van der Waals surface area contributed by atoms with Crippen molar-refractivity contribution in [1.29, 1.82) is 0 Å². The molecule has 1 amide bonds. The summed E-state index contributed by atoms with van der Waals surface area (Å²) in [6.07, 6.45) is 2.29. The van der Waals surface area contributed by atoms with Crippen LogP contribution in [0.5, 0.6) is 0 Å². The summed E-state index contributed by atoms with van der Waals surface area (Å²) in [5.74, 6) is 0.316. The van der Waals surface area contributed by atoms with Crippen molar-refractivity contribution in [2.24, 2.45) is 0 Å². The Hall–Kier alpha value is -2.75. The molecule has 30 heavy (non-hydrogen) atoms. The number of rotatable bonds is 6. The van der Waals surface area contributed by atoms with E-state index in [1.54, 1.807) is 17.2 Å². The Balaban J connectivity index is 1.48. The van der Waals surface area contributed by atoms with Gasteiger partial charge in [0.05, 0.1) is 30.2 Å². The molecule has 3 aromatic rings. The number of benzene rings is 1. The fraction of sp³-hybridized carbons (Fsp3) is 0.333. The van der Waals surface area contributed by atoms with Crippen LogP contribution in [-0.2, 0) is 21.3 Å². The van der Waals surface area contributed by atoms with Gasteiger partial charge in [-0.25, -0.2) is 0 Å². The topological polar surface area (TPSA) is 110 Å². The van der Waals surface area contributed by atoms with E-state index in [0.29, 0.717) is 49.6 Å². The van der Waals surface area contributed by atoms with Crippen molar-refractivity contribution in [3.63, 3.8) is 0 Å². The van der Waals surface area contributed by atoms with Gasteiger partial charge in [-0.05, 0) is 42.8 Å². The van der Waals surface area contributed by atoms with Crippen LogP contribution in [-0.4, -0.2) is 60.8 Å². The van der Waals surface area contributed by atoms with Crippen LogP contribution < -0.4 is 0 Å². The summed E-state index contributed by atoms with van der Waals surface area (Å²) in [6, 6.07) is 11.1. The van der Waals surface area contributed by atoms with Crippen LogP contribution in [0, 0.1) is 0 Å². The molecule has 0 spiro atoms. The highest BCUT2D eigenvalue weighted by Gasteiger charge is 2.19. The molecular formula is C21H22N2O6S. The van der Waals surface area contributed by atoms with Crippen LogP contribution in [0.1, 0.15) is 22.5 Å². The Kier molecular flexibility index (Phi) is 5.85. The Morgan fingerprint density at radius 2 is 1.93 bits per heavy atom. The second-order valence-corrected chi connectivity index (χ2v) is 8.76. The predicted octanol–water partition coefficient (Wildman–Crippen LogP) is 2.79. The predicted molar refractivity (Wildman–Crippen MR) is 111 cm³/mol. The van der Waals surface area contributed by atoms with E-state index in [1.165, 1.54) is 0 Å². The summed E-state index contributed by atoms with van der Waals surface area (Å²) in [5, 5.41) is 0.879. The molecule has 1 aromatic carbocycles. The maximum absolute atomic E-state index is 12.5. The minimum absolute atomic E-state index is 0.0443. The van der Waals surface area contributed by atoms with E-state index in [-0.39, 0.29) is 18.1 Å². The first-order valence-corrected chi connectivity index (χ1v) is 11.3. The average molecular weight is 430 g/mol. The summed E-state index contributed by atoms with van der Waals surface area (Å²) in [4.78, 5) is 18.8. The summed E-state index contributed by atoms with van der Waals surface area (Å²) < 4.78 is 41.5. The van der Waals surface area contributed by atoms with E-state index in [4.69, 9.17) is 13.7 Å². The van der Waals surface area contributed by atoms with Gasteiger partial charge in [-0.15, -0.1) is 0 Å². The number of amides is 1. The maximum Gasteiger partial charge on any atom is 0.264 e. The standard InChI is InChI=1S/C21H22N2O6S/c24-21(23-7-9-28-10-8-23)16-3-5-19(22-14-16)15-4-6-20-17(12-15)13-18(29-20)2-1-11-30(25,26)27/h3-6,12-14H,1-2,7-11H2,(H,25,26,27). The highest BCUT2D eigenvalue weighted by atomic mass is 32.2. The molecule has 1 saturated heterocycles. The molecule has 1 aliphatic heterocycles. The van der Waals surface area contributed by atoms with Crippen molar-refractivity contribution in [2.45, 2.75) is 12.8 Å². The highest BCUT2D eigenvalue weighted by molar-refractivity contribution is 7.85. The third-order valence-electron chi connectivity index (χ3n) is 5.00. The molecule has 8 nitrogen and oxygen atoms in total. The lowest BCUT2D eigenvalue weighted by atomic mass is 10.1. The average Bonchev–Trinajstić information content (AvgIpc) is 3.15. The molecule has 1 aliphatic rings. The van der Waals surface area contributed by atoms with Gasteiger partial charge in [-0.1, -0.05) is 0 Å². The molecule has 158 valence electrons. The first-order valence-electron chi connectivity index (χ1n) is 9.70. The molecule has 2 aromatic heterocycles. The minimum atomic E-state index is -3.97. The van der Waals surface area contributed by atoms with E-state index >= 15 is 0 Å². The van der Waals surface area contributed by atoms with Crippen molar-refractivity contribution in [2.75, 3.05) is 32.1 Å². The largest absolute Gasteiger partial charge is 0.461 e. The normalized spacial score (nSPS) is 14.9. The van der Waals surface area contributed by atoms with Crippen LogP contribution in [0.4, 0.5) is 0 Å². The van der Waals surface area contributed by atoms with E-state index in [9.17, 15) is 13.2 Å². The third kappa shape index (κ3) is 4.86. The second-order valence-electron chi connectivity index (χ2n) is 7.19. The van der Waals surface area contributed by atoms with Gasteiger partial charge in [0.25, 0.3) is 16.0 Å². The van der Waals surface area contributed by atoms with Gasteiger partial charge in [-0.3, -0.25) is 14.3 Å². The monoisotopic (exact) mass is 430 g/mol. The van der Waals surface area contributed by atoms with Gasteiger partial charge in [0.2, 0.25) is 0 Å². The zero-order valence-corrected chi connectivity index (χ0v) is 17.1. The number of aryl methyl sites for hydroxylation is 1. The lowest BCUT2D eigenvalue weighted by Gasteiger charge is -2.26. The van der Waals surface area contributed by atoms with Crippen molar-refractivity contribution >= 4 is 27.0 Å². The number of morpholine rings is 1. The van der Waals surface area contributed by atoms with Crippen molar-refractivity contribution in [3.05, 3.63) is 53.9 Å². The quantitative estimate of drug-likeness (QED) is 0.599. The van der Waals surface area contributed by atoms with Crippen LogP contribution in [0.25, 0.3) is 22.2 Å². The Bertz CT molecular complexity index is 1150. The van der Waals surface area contributed by atoms with Crippen LogP contribution in [0.3, 0.4) is 0 Å². The summed E-state index contributed by atoms with van der Waals surface area (Å²) in [6.45, 7) is 2.29. The number of fused-ring (bicyclic) bond motifs is 1. The number of hydrogen-bond donors (Lipinski definition) is 1. The highest BCUT2D eigenvalue weighted by Crippen LogP contribution is 2.26. The molecule has 0 unspecified atom stereocenters. The lowest BCUT2D eigenvalue weighted by Crippen LogP contribution is -2.40. The number of ether oxygens (including phenoxy) is 1. The van der Waals surface area contributed by atoms with E-state index in [1.807, 2.05) is 30.3 Å². The van der Waals surface area contributed by atoms with E-state index in [0.717, 1.165) is 16.6 Å². The zero-order valence-electron chi connectivity index (χ0n) is 16.3. The number of pyridine rings is 1. The number of nitrogens with zero attached hydrogens (tertiary/aromatic N) is 2. The van der Waals surface area contributed by atoms with Crippen molar-refractivity contribution in [3.8, 4) is 11.3 Å². The molecule has 9 heteroatoms. The zero-order chi connectivity index (χ0) is 21.1. The molecule has 0 atom stereocenters. The van der Waals surface area contributed by atoms with Gasteiger partial charge in [0, 0.05) is 36.7 Å². The first kappa shape index (κ1) is 20.5. The third-order valence-corrected chi connectivity index (χ3v) is 5.80. The second kappa shape index (κ2) is 8.55. The molecule has 1 N–H and O–H groups in total. The number of carbonyl (C=O) groups is 1. The smallest absolute Gasteiger partial charge is 0.264 e. The van der Waals surface area contributed by atoms with Gasteiger partial charge < -0.3 is 14.1 Å². The number of hydrogen-bond acceptors (Lipinski definition) is 6. The Labute approximate surface area is 174 Å². The molecule has 0 aliphatic carbocycles.